The Morgan fingerprint density at radius 1 is 1.14 bits per heavy atom. The maximum absolute atomic E-state index is 12.9. The highest BCUT2D eigenvalue weighted by molar-refractivity contribution is 9.10. The van der Waals surface area contributed by atoms with Gasteiger partial charge in [-0.15, -0.1) is 0 Å². The summed E-state index contributed by atoms with van der Waals surface area (Å²) in [5.74, 6) is -0.0417. The van der Waals surface area contributed by atoms with Crippen LogP contribution in [0.15, 0.2) is 53.0 Å². The standard InChI is InChI=1S/C22H26BrClN2O3/c1-15(2)25-22(28)16(3)26(12-11-17-7-5-4-6-8-17)21(27)14-29-20-10-9-18(23)13-19(20)24/h4-10,13,15-16H,11-12,14H2,1-3H3,(H,25,28)/t16-/m1/s1. The third kappa shape index (κ3) is 7.37. The van der Waals surface area contributed by atoms with Crippen molar-refractivity contribution in [2.45, 2.75) is 39.3 Å². The number of amides is 2. The first-order valence-corrected chi connectivity index (χ1v) is 10.7. The van der Waals surface area contributed by atoms with Crippen LogP contribution in [0.3, 0.4) is 0 Å². The molecule has 0 aromatic heterocycles. The fourth-order valence-electron chi connectivity index (χ4n) is 2.79. The second-order valence-electron chi connectivity index (χ2n) is 7.03. The summed E-state index contributed by atoms with van der Waals surface area (Å²) >= 11 is 9.50. The number of hydrogen-bond donors (Lipinski definition) is 1. The first-order valence-electron chi connectivity index (χ1n) is 9.49. The molecule has 0 unspecified atom stereocenters. The van der Waals surface area contributed by atoms with E-state index in [1.807, 2.05) is 44.2 Å². The smallest absolute Gasteiger partial charge is 0.261 e. The van der Waals surface area contributed by atoms with Gasteiger partial charge in [-0.3, -0.25) is 9.59 Å². The first kappa shape index (κ1) is 23.2. The number of carbonyl (C=O) groups excluding carboxylic acids is 2. The minimum absolute atomic E-state index is 0.00570. The van der Waals surface area contributed by atoms with Gasteiger partial charge in [0, 0.05) is 17.1 Å². The molecule has 0 heterocycles. The Labute approximate surface area is 185 Å². The fraction of sp³-hybridized carbons (Fsp3) is 0.364. The highest BCUT2D eigenvalue weighted by Crippen LogP contribution is 2.27. The number of nitrogens with one attached hydrogen (secondary N) is 1. The highest BCUT2D eigenvalue weighted by atomic mass is 79.9. The molecule has 0 saturated heterocycles. The number of ether oxygens (including phenoxy) is 1. The van der Waals surface area contributed by atoms with Crippen LogP contribution in [-0.2, 0) is 16.0 Å². The van der Waals surface area contributed by atoms with Gasteiger partial charge in [0.15, 0.2) is 6.61 Å². The van der Waals surface area contributed by atoms with Crippen molar-refractivity contribution >= 4 is 39.3 Å². The van der Waals surface area contributed by atoms with Gasteiger partial charge in [0.05, 0.1) is 5.02 Å². The van der Waals surface area contributed by atoms with Gasteiger partial charge in [-0.05, 0) is 51.0 Å². The molecule has 0 aliphatic carbocycles. The van der Waals surface area contributed by atoms with E-state index in [-0.39, 0.29) is 24.5 Å². The molecule has 5 nitrogen and oxygen atoms in total. The fourth-order valence-corrected chi connectivity index (χ4v) is 3.52. The summed E-state index contributed by atoms with van der Waals surface area (Å²) in [5, 5.41) is 3.28. The number of benzene rings is 2. The van der Waals surface area contributed by atoms with Crippen molar-refractivity contribution < 1.29 is 14.3 Å². The molecule has 2 aromatic rings. The molecule has 0 aliphatic heterocycles. The lowest BCUT2D eigenvalue weighted by Gasteiger charge is -2.29. The van der Waals surface area contributed by atoms with Crippen molar-refractivity contribution in [1.29, 1.82) is 0 Å². The van der Waals surface area contributed by atoms with Crippen LogP contribution >= 0.6 is 27.5 Å². The van der Waals surface area contributed by atoms with Crippen molar-refractivity contribution in [2.75, 3.05) is 13.2 Å². The van der Waals surface area contributed by atoms with Crippen LogP contribution in [0.4, 0.5) is 0 Å². The van der Waals surface area contributed by atoms with E-state index < -0.39 is 6.04 Å². The van der Waals surface area contributed by atoms with Crippen LogP contribution < -0.4 is 10.1 Å². The molecule has 2 rings (SSSR count). The predicted molar refractivity (Wildman–Crippen MR) is 119 cm³/mol. The Balaban J connectivity index is 2.09. The van der Waals surface area contributed by atoms with Crippen molar-refractivity contribution in [3.8, 4) is 5.75 Å². The second-order valence-corrected chi connectivity index (χ2v) is 8.35. The summed E-state index contributed by atoms with van der Waals surface area (Å²) in [7, 11) is 0. The first-order chi connectivity index (χ1) is 13.8. The number of halogens is 2. The third-order valence-electron chi connectivity index (χ3n) is 4.33. The lowest BCUT2D eigenvalue weighted by molar-refractivity contribution is -0.141. The molecule has 156 valence electrons. The van der Waals surface area contributed by atoms with E-state index >= 15 is 0 Å². The molecular formula is C22H26BrClN2O3. The van der Waals surface area contributed by atoms with E-state index in [1.165, 1.54) is 0 Å². The molecule has 0 radical (unpaired) electrons. The molecule has 0 aliphatic rings. The zero-order valence-electron chi connectivity index (χ0n) is 16.8. The average Bonchev–Trinajstić information content (AvgIpc) is 2.67. The lowest BCUT2D eigenvalue weighted by atomic mass is 10.1. The van der Waals surface area contributed by atoms with Gasteiger partial charge in [-0.1, -0.05) is 57.9 Å². The van der Waals surface area contributed by atoms with Gasteiger partial charge < -0.3 is 15.0 Å². The summed E-state index contributed by atoms with van der Waals surface area (Å²) in [6.07, 6.45) is 0.644. The van der Waals surface area contributed by atoms with Crippen LogP contribution in [-0.4, -0.2) is 41.9 Å². The van der Waals surface area contributed by atoms with Crippen LogP contribution in [0.25, 0.3) is 0 Å². The topological polar surface area (TPSA) is 58.6 Å². The molecule has 0 saturated carbocycles. The largest absolute Gasteiger partial charge is 0.482 e. The van der Waals surface area contributed by atoms with Crippen molar-refractivity contribution in [1.82, 2.24) is 10.2 Å². The Kier molecular flexibility index (Phi) is 8.99. The maximum Gasteiger partial charge on any atom is 0.261 e. The van der Waals surface area contributed by atoms with Gasteiger partial charge in [0.25, 0.3) is 5.91 Å². The molecule has 1 N–H and O–H groups in total. The zero-order valence-corrected chi connectivity index (χ0v) is 19.2. The summed E-state index contributed by atoms with van der Waals surface area (Å²) < 4.78 is 6.45. The summed E-state index contributed by atoms with van der Waals surface area (Å²) in [4.78, 5) is 27.0. The quantitative estimate of drug-likeness (QED) is 0.575. The SMILES string of the molecule is CC(C)NC(=O)[C@@H](C)N(CCc1ccccc1)C(=O)COc1ccc(Br)cc1Cl. The minimum atomic E-state index is -0.613. The van der Waals surface area contributed by atoms with E-state index in [0.29, 0.717) is 23.7 Å². The average molecular weight is 482 g/mol. The lowest BCUT2D eigenvalue weighted by Crippen LogP contribution is -2.51. The zero-order chi connectivity index (χ0) is 21.4. The second kappa shape index (κ2) is 11.2. The van der Waals surface area contributed by atoms with Crippen molar-refractivity contribution in [2.24, 2.45) is 0 Å². The van der Waals surface area contributed by atoms with Crippen LogP contribution in [0.1, 0.15) is 26.3 Å². The molecule has 1 atom stereocenters. The van der Waals surface area contributed by atoms with Crippen molar-refractivity contribution in [3.05, 3.63) is 63.6 Å². The number of hydrogen-bond acceptors (Lipinski definition) is 3. The monoisotopic (exact) mass is 480 g/mol. The van der Waals surface area contributed by atoms with Gasteiger partial charge in [0.1, 0.15) is 11.8 Å². The number of rotatable bonds is 9. The Morgan fingerprint density at radius 2 is 1.83 bits per heavy atom. The molecule has 0 fully saturated rings. The Hall–Kier alpha value is -2.05. The molecule has 0 bridgehead atoms. The van der Waals surface area contributed by atoms with Gasteiger partial charge in [-0.2, -0.15) is 0 Å². The summed E-state index contributed by atoms with van der Waals surface area (Å²) in [6.45, 7) is 5.72. The van der Waals surface area contributed by atoms with E-state index in [9.17, 15) is 9.59 Å². The van der Waals surface area contributed by atoms with Gasteiger partial charge >= 0.3 is 0 Å². The van der Waals surface area contributed by atoms with Crippen LogP contribution in [0.2, 0.25) is 5.02 Å². The van der Waals surface area contributed by atoms with Crippen LogP contribution in [0.5, 0.6) is 5.75 Å². The molecule has 29 heavy (non-hydrogen) atoms. The van der Waals surface area contributed by atoms with E-state index in [1.54, 1.807) is 30.0 Å². The molecule has 7 heteroatoms. The van der Waals surface area contributed by atoms with E-state index in [4.69, 9.17) is 16.3 Å². The third-order valence-corrected chi connectivity index (χ3v) is 5.12. The molecule has 0 spiro atoms. The van der Waals surface area contributed by atoms with E-state index in [2.05, 4.69) is 21.2 Å². The summed E-state index contributed by atoms with van der Waals surface area (Å²) in [6, 6.07) is 14.4. The van der Waals surface area contributed by atoms with E-state index in [0.717, 1.165) is 10.0 Å². The van der Waals surface area contributed by atoms with Gasteiger partial charge in [0.2, 0.25) is 5.91 Å². The van der Waals surface area contributed by atoms with Gasteiger partial charge in [-0.25, -0.2) is 0 Å². The van der Waals surface area contributed by atoms with Crippen LogP contribution in [0, 0.1) is 0 Å². The maximum atomic E-state index is 12.9. The Bertz CT molecular complexity index is 830. The highest BCUT2D eigenvalue weighted by Gasteiger charge is 2.26. The number of nitrogens with zero attached hydrogens (tertiary/aromatic N) is 1. The molecule has 2 amide bonds. The van der Waals surface area contributed by atoms with Crippen molar-refractivity contribution in [3.63, 3.8) is 0 Å². The molecule has 2 aromatic carbocycles. The molecular weight excluding hydrogens is 456 g/mol. The predicted octanol–water partition coefficient (Wildman–Crippen LogP) is 4.47. The summed E-state index contributed by atoms with van der Waals surface area (Å²) in [5.41, 5.74) is 1.10. The minimum Gasteiger partial charge on any atom is -0.482 e. The normalized spacial score (nSPS) is 11.8. The Morgan fingerprint density at radius 3 is 2.45 bits per heavy atom. The number of carbonyl (C=O) groups is 2.